The van der Waals surface area contributed by atoms with E-state index in [0.29, 0.717) is 12.1 Å². The molecule has 0 radical (unpaired) electrons. The number of nitrogens with zero attached hydrogens (tertiary/aromatic N) is 1. The molecule has 1 aliphatic carbocycles. The van der Waals surface area contributed by atoms with E-state index in [1.54, 1.807) is 0 Å². The highest BCUT2D eigenvalue weighted by atomic mass is 16.4. The van der Waals surface area contributed by atoms with Crippen molar-refractivity contribution in [2.24, 2.45) is 5.73 Å². The van der Waals surface area contributed by atoms with Crippen LogP contribution in [0, 0.1) is 13.8 Å². The van der Waals surface area contributed by atoms with Gasteiger partial charge in [-0.15, -0.1) is 0 Å². The highest BCUT2D eigenvalue weighted by molar-refractivity contribution is 5.05. The summed E-state index contributed by atoms with van der Waals surface area (Å²) in [5.74, 6) is 1.72. The van der Waals surface area contributed by atoms with Gasteiger partial charge in [0.15, 0.2) is 0 Å². The molecule has 1 fully saturated rings. The summed E-state index contributed by atoms with van der Waals surface area (Å²) in [7, 11) is 0. The minimum Gasteiger partial charge on any atom is -0.444 e. The molecule has 0 aromatic carbocycles. The van der Waals surface area contributed by atoms with Crippen LogP contribution in [0.15, 0.2) is 4.42 Å². The number of nitrogens with two attached hydrogens (primary N) is 1. The lowest BCUT2D eigenvalue weighted by Gasteiger charge is -2.26. The summed E-state index contributed by atoms with van der Waals surface area (Å²) in [5.41, 5.74) is 6.86. The summed E-state index contributed by atoms with van der Waals surface area (Å²) in [4.78, 5) is 4.36. The lowest BCUT2D eigenvalue weighted by atomic mass is 9.92. The number of aromatic nitrogens is 1. The summed E-state index contributed by atoms with van der Waals surface area (Å²) in [6.07, 6.45) is 4.59. The van der Waals surface area contributed by atoms with E-state index in [-0.39, 0.29) is 0 Å². The average Bonchev–Trinajstić information content (AvgIpc) is 2.58. The maximum Gasteiger partial charge on any atom is 0.208 e. The molecule has 0 amide bonds. The average molecular weight is 223 g/mol. The summed E-state index contributed by atoms with van der Waals surface area (Å²) in [6.45, 7) is 4.65. The Morgan fingerprint density at radius 1 is 1.31 bits per heavy atom. The predicted molar refractivity (Wildman–Crippen MR) is 63.0 cm³/mol. The second-order valence-corrected chi connectivity index (χ2v) is 4.74. The van der Waals surface area contributed by atoms with Crippen molar-refractivity contribution in [2.75, 3.05) is 0 Å². The molecule has 1 saturated carbocycles. The second kappa shape index (κ2) is 4.97. The van der Waals surface area contributed by atoms with Crippen LogP contribution in [0.2, 0.25) is 0 Å². The van der Waals surface area contributed by atoms with Gasteiger partial charge in [0.2, 0.25) is 5.89 Å². The molecule has 0 atom stereocenters. The van der Waals surface area contributed by atoms with E-state index in [1.807, 2.05) is 13.8 Å². The van der Waals surface area contributed by atoms with Gasteiger partial charge in [0, 0.05) is 12.1 Å². The molecule has 0 spiro atoms. The molecule has 1 aromatic rings. The zero-order chi connectivity index (χ0) is 11.5. The number of aryl methyl sites for hydroxylation is 2. The van der Waals surface area contributed by atoms with E-state index in [1.165, 1.54) is 12.8 Å². The van der Waals surface area contributed by atoms with E-state index >= 15 is 0 Å². The number of hydrogen-bond donors (Lipinski definition) is 2. The number of oxazole rings is 1. The second-order valence-electron chi connectivity index (χ2n) is 4.74. The van der Waals surface area contributed by atoms with Crippen LogP contribution in [0.1, 0.15) is 43.0 Å². The first-order valence-corrected chi connectivity index (χ1v) is 6.07. The van der Waals surface area contributed by atoms with Crippen molar-refractivity contribution in [2.45, 2.75) is 58.2 Å². The predicted octanol–water partition coefficient (Wildman–Crippen LogP) is 1.65. The van der Waals surface area contributed by atoms with Gasteiger partial charge in [0.25, 0.3) is 0 Å². The molecule has 0 aliphatic heterocycles. The van der Waals surface area contributed by atoms with E-state index in [9.17, 15) is 0 Å². The summed E-state index contributed by atoms with van der Waals surface area (Å²) in [6, 6.07) is 0.983. The molecule has 0 unspecified atom stereocenters. The maximum absolute atomic E-state index is 5.87. The quantitative estimate of drug-likeness (QED) is 0.818. The van der Waals surface area contributed by atoms with Crippen LogP contribution >= 0.6 is 0 Å². The third-order valence-corrected chi connectivity index (χ3v) is 3.39. The standard InChI is InChI=1S/C12H21N3O/c1-8-9(2)16-12(15-8)7-14-11-5-3-10(13)4-6-11/h10-11,14H,3-7,13H2,1-2H3. The van der Waals surface area contributed by atoms with Gasteiger partial charge in [-0.1, -0.05) is 0 Å². The van der Waals surface area contributed by atoms with Crippen LogP contribution in [0.5, 0.6) is 0 Å². The minimum absolute atomic E-state index is 0.407. The van der Waals surface area contributed by atoms with Crippen molar-refractivity contribution < 1.29 is 4.42 Å². The Morgan fingerprint density at radius 3 is 2.56 bits per heavy atom. The van der Waals surface area contributed by atoms with Crippen LogP contribution < -0.4 is 11.1 Å². The van der Waals surface area contributed by atoms with E-state index in [0.717, 1.165) is 36.7 Å². The lowest BCUT2D eigenvalue weighted by molar-refractivity contribution is 0.327. The van der Waals surface area contributed by atoms with Crippen molar-refractivity contribution in [1.29, 1.82) is 0 Å². The molecule has 4 nitrogen and oxygen atoms in total. The van der Waals surface area contributed by atoms with Crippen molar-refractivity contribution in [3.8, 4) is 0 Å². The Kier molecular flexibility index (Phi) is 3.61. The van der Waals surface area contributed by atoms with Gasteiger partial charge >= 0.3 is 0 Å². The fraction of sp³-hybridized carbons (Fsp3) is 0.750. The van der Waals surface area contributed by atoms with Gasteiger partial charge < -0.3 is 15.5 Å². The first kappa shape index (κ1) is 11.6. The van der Waals surface area contributed by atoms with Crippen LogP contribution in [0.3, 0.4) is 0 Å². The molecular weight excluding hydrogens is 202 g/mol. The lowest BCUT2D eigenvalue weighted by Crippen LogP contribution is -2.37. The Labute approximate surface area is 96.6 Å². The fourth-order valence-corrected chi connectivity index (χ4v) is 2.17. The molecule has 90 valence electrons. The minimum atomic E-state index is 0.407. The molecule has 0 saturated heterocycles. The fourth-order valence-electron chi connectivity index (χ4n) is 2.17. The van der Waals surface area contributed by atoms with Crippen LogP contribution in [0.25, 0.3) is 0 Å². The van der Waals surface area contributed by atoms with Gasteiger partial charge in [-0.05, 0) is 39.5 Å². The largest absolute Gasteiger partial charge is 0.444 e. The van der Waals surface area contributed by atoms with Crippen molar-refractivity contribution in [3.05, 3.63) is 17.3 Å². The Morgan fingerprint density at radius 2 is 2.00 bits per heavy atom. The van der Waals surface area contributed by atoms with Gasteiger partial charge in [-0.25, -0.2) is 4.98 Å². The van der Waals surface area contributed by atoms with Gasteiger partial charge in [0.05, 0.1) is 12.2 Å². The molecule has 3 N–H and O–H groups in total. The number of hydrogen-bond acceptors (Lipinski definition) is 4. The van der Waals surface area contributed by atoms with Crippen molar-refractivity contribution in [1.82, 2.24) is 10.3 Å². The normalized spacial score (nSPS) is 25.9. The first-order chi connectivity index (χ1) is 7.65. The molecule has 4 heteroatoms. The van der Waals surface area contributed by atoms with Crippen molar-refractivity contribution >= 4 is 0 Å². The Bertz CT molecular complexity index is 321. The van der Waals surface area contributed by atoms with Crippen molar-refractivity contribution in [3.63, 3.8) is 0 Å². The SMILES string of the molecule is Cc1nc(CNC2CCC(N)CC2)oc1C. The number of nitrogens with one attached hydrogen (secondary N) is 1. The van der Waals surface area contributed by atoms with Gasteiger partial charge in [0.1, 0.15) is 5.76 Å². The molecule has 1 aromatic heterocycles. The Balaban J connectivity index is 1.79. The van der Waals surface area contributed by atoms with E-state index in [2.05, 4.69) is 10.3 Å². The van der Waals surface area contributed by atoms with Crippen LogP contribution in [-0.2, 0) is 6.54 Å². The van der Waals surface area contributed by atoms with Gasteiger partial charge in [-0.2, -0.15) is 0 Å². The molecule has 1 heterocycles. The molecule has 16 heavy (non-hydrogen) atoms. The molecular formula is C12H21N3O. The highest BCUT2D eigenvalue weighted by Gasteiger charge is 2.18. The maximum atomic E-state index is 5.87. The summed E-state index contributed by atoms with van der Waals surface area (Å²) >= 11 is 0. The first-order valence-electron chi connectivity index (χ1n) is 6.07. The monoisotopic (exact) mass is 223 g/mol. The van der Waals surface area contributed by atoms with E-state index < -0.39 is 0 Å². The van der Waals surface area contributed by atoms with E-state index in [4.69, 9.17) is 10.2 Å². The molecule has 1 aliphatic rings. The zero-order valence-electron chi connectivity index (χ0n) is 10.1. The Hall–Kier alpha value is -0.870. The highest BCUT2D eigenvalue weighted by Crippen LogP contribution is 2.17. The summed E-state index contributed by atoms with van der Waals surface area (Å²) in [5, 5.41) is 3.49. The molecule has 0 bridgehead atoms. The van der Waals surface area contributed by atoms with Crippen LogP contribution in [0.4, 0.5) is 0 Å². The number of rotatable bonds is 3. The van der Waals surface area contributed by atoms with Gasteiger partial charge in [-0.3, -0.25) is 0 Å². The zero-order valence-corrected chi connectivity index (χ0v) is 10.1. The third kappa shape index (κ3) is 2.83. The van der Waals surface area contributed by atoms with Crippen LogP contribution in [-0.4, -0.2) is 17.1 Å². The topological polar surface area (TPSA) is 64.1 Å². The summed E-state index contributed by atoms with van der Waals surface area (Å²) < 4.78 is 5.53. The molecule has 2 rings (SSSR count). The smallest absolute Gasteiger partial charge is 0.208 e. The third-order valence-electron chi connectivity index (χ3n) is 3.39.